The zero-order valence-electron chi connectivity index (χ0n) is 12.1. The lowest BCUT2D eigenvalue weighted by Crippen LogP contribution is -2.36. The standard InChI is InChI=1S/C14H24O5/c1-9(2)12-6-5-10(3)7-13(12)19-14(16)18-11(4)17-8-15/h8-13H,5-7H2,1-4H3/t10?,11?,12-,13?/m1/s1. The third-order valence-electron chi connectivity index (χ3n) is 3.72. The summed E-state index contributed by atoms with van der Waals surface area (Å²) in [5.41, 5.74) is 0. The molecule has 1 fully saturated rings. The predicted molar refractivity (Wildman–Crippen MR) is 69.3 cm³/mol. The molecular weight excluding hydrogens is 248 g/mol. The van der Waals surface area contributed by atoms with Crippen molar-refractivity contribution in [3.63, 3.8) is 0 Å². The van der Waals surface area contributed by atoms with Crippen LogP contribution in [0, 0.1) is 17.8 Å². The fourth-order valence-electron chi connectivity index (χ4n) is 2.64. The van der Waals surface area contributed by atoms with Crippen LogP contribution in [0.5, 0.6) is 0 Å². The third kappa shape index (κ3) is 5.09. The molecule has 5 nitrogen and oxygen atoms in total. The van der Waals surface area contributed by atoms with Gasteiger partial charge in [0.15, 0.2) is 0 Å². The summed E-state index contributed by atoms with van der Waals surface area (Å²) in [4.78, 5) is 21.7. The van der Waals surface area contributed by atoms with Gasteiger partial charge in [0.2, 0.25) is 6.29 Å². The maximum absolute atomic E-state index is 11.6. The highest BCUT2D eigenvalue weighted by Gasteiger charge is 2.34. The molecule has 4 atom stereocenters. The lowest BCUT2D eigenvalue weighted by atomic mass is 9.75. The van der Waals surface area contributed by atoms with Gasteiger partial charge in [-0.15, -0.1) is 0 Å². The number of carbonyl (C=O) groups excluding carboxylic acids is 2. The number of rotatable bonds is 5. The van der Waals surface area contributed by atoms with Crippen molar-refractivity contribution >= 4 is 12.6 Å². The van der Waals surface area contributed by atoms with E-state index < -0.39 is 12.4 Å². The van der Waals surface area contributed by atoms with Crippen LogP contribution in [0.2, 0.25) is 0 Å². The maximum atomic E-state index is 11.6. The van der Waals surface area contributed by atoms with Crippen LogP contribution in [-0.2, 0) is 19.0 Å². The SMILES string of the molecule is CC1CC[C@H](C(C)C)C(OC(=O)OC(C)OC=O)C1. The number of ether oxygens (including phenoxy) is 3. The summed E-state index contributed by atoms with van der Waals surface area (Å²) >= 11 is 0. The van der Waals surface area contributed by atoms with E-state index in [0.717, 1.165) is 12.8 Å². The Bertz CT molecular complexity index is 302. The molecule has 1 saturated carbocycles. The monoisotopic (exact) mass is 272 g/mol. The first-order chi connectivity index (χ1) is 8.93. The molecule has 0 aromatic carbocycles. The Morgan fingerprint density at radius 3 is 2.53 bits per heavy atom. The minimum Gasteiger partial charge on any atom is -0.431 e. The van der Waals surface area contributed by atoms with Crippen LogP contribution < -0.4 is 0 Å². The minimum atomic E-state index is -0.913. The van der Waals surface area contributed by atoms with Crippen LogP contribution in [0.4, 0.5) is 4.79 Å². The molecule has 0 aromatic heterocycles. The largest absolute Gasteiger partial charge is 0.511 e. The van der Waals surface area contributed by atoms with Crippen molar-refractivity contribution in [2.24, 2.45) is 17.8 Å². The molecule has 0 bridgehead atoms. The Morgan fingerprint density at radius 1 is 1.26 bits per heavy atom. The Kier molecular flexibility index (Phi) is 6.12. The molecule has 0 radical (unpaired) electrons. The fraction of sp³-hybridized carbons (Fsp3) is 0.857. The van der Waals surface area contributed by atoms with E-state index in [1.807, 2.05) is 0 Å². The Balaban J connectivity index is 2.51. The fourth-order valence-corrected chi connectivity index (χ4v) is 2.64. The molecule has 0 saturated heterocycles. The zero-order valence-corrected chi connectivity index (χ0v) is 12.1. The predicted octanol–water partition coefficient (Wildman–Crippen LogP) is 3.12. The van der Waals surface area contributed by atoms with Gasteiger partial charge in [-0.3, -0.25) is 4.79 Å². The van der Waals surface area contributed by atoms with Gasteiger partial charge < -0.3 is 14.2 Å². The molecule has 5 heteroatoms. The van der Waals surface area contributed by atoms with Crippen LogP contribution in [0.3, 0.4) is 0 Å². The molecule has 0 amide bonds. The highest BCUT2D eigenvalue weighted by molar-refractivity contribution is 5.60. The molecule has 0 aliphatic heterocycles. The molecule has 19 heavy (non-hydrogen) atoms. The highest BCUT2D eigenvalue weighted by Crippen LogP contribution is 2.35. The number of hydrogen-bond donors (Lipinski definition) is 0. The molecule has 0 N–H and O–H groups in total. The summed E-state index contributed by atoms with van der Waals surface area (Å²) in [7, 11) is 0. The van der Waals surface area contributed by atoms with Crippen molar-refractivity contribution in [1.82, 2.24) is 0 Å². The molecule has 0 spiro atoms. The van der Waals surface area contributed by atoms with E-state index in [2.05, 4.69) is 25.5 Å². The molecule has 0 heterocycles. The van der Waals surface area contributed by atoms with Gasteiger partial charge in [0, 0.05) is 6.92 Å². The van der Waals surface area contributed by atoms with E-state index in [4.69, 9.17) is 9.47 Å². The van der Waals surface area contributed by atoms with E-state index in [0.29, 0.717) is 17.8 Å². The quantitative estimate of drug-likeness (QED) is 0.437. The van der Waals surface area contributed by atoms with E-state index in [-0.39, 0.29) is 12.6 Å². The molecule has 3 unspecified atom stereocenters. The molecule has 1 aliphatic carbocycles. The van der Waals surface area contributed by atoms with Crippen LogP contribution in [0.15, 0.2) is 0 Å². The topological polar surface area (TPSA) is 61.8 Å². The van der Waals surface area contributed by atoms with Crippen molar-refractivity contribution in [2.45, 2.75) is 59.4 Å². The lowest BCUT2D eigenvalue weighted by molar-refractivity contribution is -0.155. The summed E-state index contributed by atoms with van der Waals surface area (Å²) in [6.45, 7) is 8.16. The Labute approximate surface area is 114 Å². The van der Waals surface area contributed by atoms with Crippen molar-refractivity contribution in [3.05, 3.63) is 0 Å². The van der Waals surface area contributed by atoms with E-state index in [9.17, 15) is 9.59 Å². The highest BCUT2D eigenvalue weighted by atomic mass is 16.8. The number of hydrogen-bond acceptors (Lipinski definition) is 5. The molecule has 0 aromatic rings. The smallest absolute Gasteiger partial charge is 0.431 e. The molecule has 1 aliphatic rings. The van der Waals surface area contributed by atoms with Gasteiger partial charge in [-0.05, 0) is 30.6 Å². The summed E-state index contributed by atoms with van der Waals surface area (Å²) in [5, 5.41) is 0. The molecule has 110 valence electrons. The summed E-state index contributed by atoms with van der Waals surface area (Å²) in [6, 6.07) is 0. The van der Waals surface area contributed by atoms with Crippen LogP contribution in [0.1, 0.15) is 47.0 Å². The van der Waals surface area contributed by atoms with Gasteiger partial charge in [-0.2, -0.15) is 0 Å². The van der Waals surface area contributed by atoms with Gasteiger partial charge in [-0.25, -0.2) is 4.79 Å². The first-order valence-corrected chi connectivity index (χ1v) is 6.90. The second-order valence-corrected chi connectivity index (χ2v) is 5.65. The molecular formula is C14H24O5. The van der Waals surface area contributed by atoms with E-state index >= 15 is 0 Å². The summed E-state index contributed by atoms with van der Waals surface area (Å²) in [6.07, 6.45) is 1.31. The van der Waals surface area contributed by atoms with Gasteiger partial charge >= 0.3 is 6.16 Å². The average molecular weight is 272 g/mol. The Hall–Kier alpha value is -1.26. The second-order valence-electron chi connectivity index (χ2n) is 5.65. The van der Waals surface area contributed by atoms with Crippen molar-refractivity contribution < 1.29 is 23.8 Å². The van der Waals surface area contributed by atoms with Crippen molar-refractivity contribution in [2.75, 3.05) is 0 Å². The maximum Gasteiger partial charge on any atom is 0.511 e. The van der Waals surface area contributed by atoms with Gasteiger partial charge in [-0.1, -0.05) is 27.2 Å². The lowest BCUT2D eigenvalue weighted by Gasteiger charge is -2.36. The summed E-state index contributed by atoms with van der Waals surface area (Å²) in [5.74, 6) is 1.39. The average Bonchev–Trinajstić information content (AvgIpc) is 2.28. The van der Waals surface area contributed by atoms with Gasteiger partial charge in [0.25, 0.3) is 6.47 Å². The summed E-state index contributed by atoms with van der Waals surface area (Å²) < 4.78 is 14.7. The van der Waals surface area contributed by atoms with E-state index in [1.54, 1.807) is 0 Å². The third-order valence-corrected chi connectivity index (χ3v) is 3.72. The zero-order chi connectivity index (χ0) is 14.4. The van der Waals surface area contributed by atoms with Crippen LogP contribution >= 0.6 is 0 Å². The van der Waals surface area contributed by atoms with Gasteiger partial charge in [0.05, 0.1) is 0 Å². The Morgan fingerprint density at radius 2 is 1.95 bits per heavy atom. The van der Waals surface area contributed by atoms with Crippen LogP contribution in [-0.4, -0.2) is 25.0 Å². The normalized spacial score (nSPS) is 28.6. The minimum absolute atomic E-state index is 0.111. The van der Waals surface area contributed by atoms with E-state index in [1.165, 1.54) is 13.3 Å². The van der Waals surface area contributed by atoms with Crippen LogP contribution in [0.25, 0.3) is 0 Å². The van der Waals surface area contributed by atoms with Gasteiger partial charge in [0.1, 0.15) is 6.10 Å². The second kappa shape index (κ2) is 7.36. The van der Waals surface area contributed by atoms with Crippen molar-refractivity contribution in [1.29, 1.82) is 0 Å². The van der Waals surface area contributed by atoms with Crippen molar-refractivity contribution in [3.8, 4) is 0 Å². The first-order valence-electron chi connectivity index (χ1n) is 6.90. The molecule has 1 rings (SSSR count). The number of carbonyl (C=O) groups is 2. The first kappa shape index (κ1) is 15.8.